The van der Waals surface area contributed by atoms with E-state index in [2.05, 4.69) is 35.6 Å². The maximum Gasteiger partial charge on any atom is 0.227 e. The average molecular weight is 81.4 g/mol. The van der Waals surface area contributed by atoms with Crippen LogP contribution in [0.2, 0.25) is 4.05 Å². The Kier molecular flexibility index (Phi) is 3.43. The summed E-state index contributed by atoms with van der Waals surface area (Å²) in [5, 5.41) is 0. The highest BCUT2D eigenvalue weighted by atomic mass is 24.4. The number of hydrogen-bond acceptors (Lipinski definition) is 0. The molecule has 1 radical (unpaired) electrons. The quantitative estimate of drug-likeness (QED) is 0.418. The van der Waals surface area contributed by atoms with Crippen LogP contribution in [0.1, 0.15) is 20.3 Å². The van der Waals surface area contributed by atoms with Gasteiger partial charge in [-0.2, -0.15) is 4.05 Å². The summed E-state index contributed by atoms with van der Waals surface area (Å²) < 4.78 is 0.912. The van der Waals surface area contributed by atoms with Crippen LogP contribution in [0.5, 0.6) is 0 Å². The molecule has 0 aromatic carbocycles. The topological polar surface area (TPSA) is 0 Å². The summed E-state index contributed by atoms with van der Waals surface area (Å²) in [5.74, 6) is 0. The van der Waals surface area contributed by atoms with Gasteiger partial charge in [-0.3, -0.25) is 0 Å². The molecule has 0 fully saturated rings. The zero-order chi connectivity index (χ0) is 4.28. The SMILES string of the molecule is CC[CH](C)[Mg]. The van der Waals surface area contributed by atoms with E-state index in [0.29, 0.717) is 0 Å². The van der Waals surface area contributed by atoms with Crippen LogP contribution in [0.25, 0.3) is 0 Å². The third-order valence-corrected chi connectivity index (χ3v) is 1.27. The maximum atomic E-state index is 2.23. The van der Waals surface area contributed by atoms with Crippen molar-refractivity contribution in [3.8, 4) is 0 Å². The van der Waals surface area contributed by atoms with Gasteiger partial charge < -0.3 is 0 Å². The summed E-state index contributed by atoms with van der Waals surface area (Å²) in [4.78, 5) is 0. The van der Waals surface area contributed by atoms with Crippen molar-refractivity contribution < 1.29 is 0 Å². The van der Waals surface area contributed by atoms with Crippen LogP contribution >= 0.6 is 0 Å². The van der Waals surface area contributed by atoms with E-state index in [4.69, 9.17) is 0 Å². The van der Waals surface area contributed by atoms with E-state index in [0.717, 1.165) is 4.05 Å². The molecule has 0 saturated carbocycles. The fourth-order valence-electron chi connectivity index (χ4n) is 0. The minimum absolute atomic E-state index is 0.912. The van der Waals surface area contributed by atoms with Gasteiger partial charge in [-0.05, 0) is 0 Å². The molecule has 0 aliphatic rings. The van der Waals surface area contributed by atoms with Crippen LogP contribution in [-0.2, 0) is 0 Å². The third-order valence-electron chi connectivity index (χ3n) is 0.697. The summed E-state index contributed by atoms with van der Waals surface area (Å²) >= 11 is 2.05. The van der Waals surface area contributed by atoms with Crippen molar-refractivity contribution in [3.05, 3.63) is 0 Å². The first kappa shape index (κ1) is 5.77. The molecule has 0 aromatic rings. The van der Waals surface area contributed by atoms with E-state index in [1.165, 1.54) is 6.42 Å². The Bertz CT molecular complexity index is 17.6. The van der Waals surface area contributed by atoms with E-state index in [9.17, 15) is 0 Å². The molecule has 1 heteroatoms. The second-order valence-corrected chi connectivity index (χ2v) is 2.91. The third kappa shape index (κ3) is 4.77. The van der Waals surface area contributed by atoms with E-state index >= 15 is 0 Å². The van der Waals surface area contributed by atoms with Gasteiger partial charge in [-0.1, -0.05) is 20.3 Å². The van der Waals surface area contributed by atoms with E-state index in [1.807, 2.05) is 0 Å². The molecule has 0 aliphatic heterocycles. The van der Waals surface area contributed by atoms with Crippen molar-refractivity contribution in [2.75, 3.05) is 0 Å². The second-order valence-electron chi connectivity index (χ2n) is 1.51. The monoisotopic (exact) mass is 81.1 g/mol. The van der Waals surface area contributed by atoms with Crippen molar-refractivity contribution in [2.45, 2.75) is 24.3 Å². The first-order chi connectivity index (χ1) is 2.27. The van der Waals surface area contributed by atoms with Gasteiger partial charge in [0.1, 0.15) is 0 Å². The second kappa shape index (κ2) is 2.98. The van der Waals surface area contributed by atoms with Crippen molar-refractivity contribution in [1.82, 2.24) is 0 Å². The van der Waals surface area contributed by atoms with Gasteiger partial charge in [0.25, 0.3) is 0 Å². The van der Waals surface area contributed by atoms with Crippen LogP contribution < -0.4 is 0 Å². The molecule has 1 atom stereocenters. The molecule has 0 aromatic heterocycles. The minimum Gasteiger partial charge on any atom is -0.169 e. The Morgan fingerprint density at radius 3 is 2.00 bits per heavy atom. The van der Waals surface area contributed by atoms with Gasteiger partial charge in [-0.25, -0.2) is 0 Å². The molecular formula is C4H9Mg. The Morgan fingerprint density at radius 2 is 2.00 bits per heavy atom. The fourth-order valence-corrected chi connectivity index (χ4v) is 0. The molecule has 0 aliphatic carbocycles. The van der Waals surface area contributed by atoms with Gasteiger partial charge in [-0.15, -0.1) is 0 Å². The normalized spacial score (nSPS) is 14.6. The summed E-state index contributed by atoms with van der Waals surface area (Å²) in [6.07, 6.45) is 1.32. The van der Waals surface area contributed by atoms with Crippen LogP contribution in [-0.4, -0.2) is 21.7 Å². The highest BCUT2D eigenvalue weighted by Crippen LogP contribution is 1.97. The largest absolute Gasteiger partial charge is 0.227 e. The molecule has 0 heterocycles. The molecule has 0 bridgehead atoms. The summed E-state index contributed by atoms with van der Waals surface area (Å²) in [5.41, 5.74) is 0. The predicted molar refractivity (Wildman–Crippen MR) is 25.5 cm³/mol. The summed E-state index contributed by atoms with van der Waals surface area (Å²) in [6.45, 7) is 4.44. The molecule has 0 saturated heterocycles. The lowest BCUT2D eigenvalue weighted by atomic mass is 10.4. The van der Waals surface area contributed by atoms with Crippen molar-refractivity contribution in [3.63, 3.8) is 0 Å². The van der Waals surface area contributed by atoms with Crippen molar-refractivity contribution >= 4 is 21.7 Å². The molecule has 0 rings (SSSR count). The van der Waals surface area contributed by atoms with Gasteiger partial charge >= 0.3 is 0 Å². The molecule has 1 unspecified atom stereocenters. The highest BCUT2D eigenvalue weighted by Gasteiger charge is 1.78. The molecular weight excluding hydrogens is 72.3 g/mol. The Labute approximate surface area is 46.4 Å². The lowest BCUT2D eigenvalue weighted by Gasteiger charge is -1.93. The first-order valence-corrected chi connectivity index (χ1v) is 2.92. The lowest BCUT2D eigenvalue weighted by molar-refractivity contribution is 0.880. The number of hydrogen-bond donors (Lipinski definition) is 0. The predicted octanol–water partition coefficient (Wildman–Crippen LogP) is 1.37. The Morgan fingerprint density at radius 1 is 1.80 bits per heavy atom. The van der Waals surface area contributed by atoms with E-state index < -0.39 is 0 Å². The zero-order valence-corrected chi connectivity index (χ0v) is 5.41. The summed E-state index contributed by atoms with van der Waals surface area (Å²) in [7, 11) is 0. The van der Waals surface area contributed by atoms with Crippen LogP contribution in [0.15, 0.2) is 0 Å². The van der Waals surface area contributed by atoms with Crippen LogP contribution in [0.3, 0.4) is 0 Å². The van der Waals surface area contributed by atoms with E-state index in [-0.39, 0.29) is 0 Å². The Hall–Kier alpha value is 0.766. The molecule has 0 N–H and O–H groups in total. The van der Waals surface area contributed by atoms with Crippen molar-refractivity contribution in [2.24, 2.45) is 0 Å². The zero-order valence-electron chi connectivity index (χ0n) is 3.99. The van der Waals surface area contributed by atoms with Gasteiger partial charge in [0, 0.05) is 0 Å². The lowest BCUT2D eigenvalue weighted by Crippen LogP contribution is -1.76. The molecule has 5 heavy (non-hydrogen) atoms. The average Bonchev–Trinajstić information content (AvgIpc) is 1.38. The van der Waals surface area contributed by atoms with Crippen LogP contribution in [0.4, 0.5) is 0 Å². The fraction of sp³-hybridized carbons (Fsp3) is 1.00. The molecule has 0 nitrogen and oxygen atoms in total. The first-order valence-electron chi connectivity index (χ1n) is 2.10. The maximum absolute atomic E-state index is 2.23. The molecule has 27 valence electrons. The standard InChI is InChI=1S/C4H9.Mg/c1-3-4-2;/h3H,4H2,1-2H3;. The highest BCUT2D eigenvalue weighted by molar-refractivity contribution is 6.11. The number of rotatable bonds is 1. The van der Waals surface area contributed by atoms with Crippen LogP contribution in [0, 0.1) is 0 Å². The van der Waals surface area contributed by atoms with Gasteiger partial charge in [0.15, 0.2) is 0 Å². The molecule has 0 amide bonds. The smallest absolute Gasteiger partial charge is 0.169 e. The van der Waals surface area contributed by atoms with Crippen molar-refractivity contribution in [1.29, 1.82) is 0 Å². The molecule has 0 spiro atoms. The minimum atomic E-state index is 0.912. The van der Waals surface area contributed by atoms with Gasteiger partial charge in [0.05, 0.1) is 0 Å². The van der Waals surface area contributed by atoms with Gasteiger partial charge in [0.2, 0.25) is 21.7 Å². The summed E-state index contributed by atoms with van der Waals surface area (Å²) in [6, 6.07) is 0. The van der Waals surface area contributed by atoms with E-state index in [1.54, 1.807) is 0 Å². The Balaban J connectivity index is 2.54.